The van der Waals surface area contributed by atoms with E-state index in [-0.39, 0.29) is 5.91 Å². The smallest absolute Gasteiger partial charge is 0.227 e. The minimum absolute atomic E-state index is 0.252. The van der Waals surface area contributed by atoms with Crippen LogP contribution in [0.3, 0.4) is 0 Å². The summed E-state index contributed by atoms with van der Waals surface area (Å²) in [6.07, 6.45) is 2.64. The maximum atomic E-state index is 12.3. The van der Waals surface area contributed by atoms with Gasteiger partial charge in [0.05, 0.1) is 13.0 Å². The summed E-state index contributed by atoms with van der Waals surface area (Å²) in [4.78, 5) is 14.3. The summed E-state index contributed by atoms with van der Waals surface area (Å²) < 4.78 is 5.39. The van der Waals surface area contributed by atoms with Gasteiger partial charge in [-0.15, -0.1) is 0 Å². The lowest BCUT2D eigenvalue weighted by Crippen LogP contribution is -2.37. The topological polar surface area (TPSA) is 29.5 Å². The molecule has 1 atom stereocenters. The number of ether oxygens (including phenoxy) is 1. The van der Waals surface area contributed by atoms with E-state index in [1.807, 2.05) is 16.3 Å². The zero-order valence-corrected chi connectivity index (χ0v) is 11.7. The molecule has 1 unspecified atom stereocenters. The van der Waals surface area contributed by atoms with Gasteiger partial charge in [-0.2, -0.15) is 11.3 Å². The molecule has 0 bridgehead atoms. The monoisotopic (exact) mass is 267 g/mol. The third-order valence-electron chi connectivity index (χ3n) is 3.28. The zero-order valence-electron chi connectivity index (χ0n) is 10.9. The van der Waals surface area contributed by atoms with Crippen molar-refractivity contribution in [2.75, 3.05) is 26.3 Å². The highest BCUT2D eigenvalue weighted by Gasteiger charge is 2.22. The fourth-order valence-electron chi connectivity index (χ4n) is 2.31. The summed E-state index contributed by atoms with van der Waals surface area (Å²) in [6.45, 7) is 5.50. The van der Waals surface area contributed by atoms with Crippen LogP contribution in [0, 0.1) is 5.92 Å². The van der Waals surface area contributed by atoms with Crippen LogP contribution in [0.25, 0.3) is 0 Å². The van der Waals surface area contributed by atoms with Gasteiger partial charge in [0.2, 0.25) is 5.91 Å². The first-order valence-electron chi connectivity index (χ1n) is 6.66. The highest BCUT2D eigenvalue weighted by atomic mass is 32.1. The van der Waals surface area contributed by atoms with E-state index in [1.165, 1.54) is 0 Å². The molecule has 1 aliphatic heterocycles. The van der Waals surface area contributed by atoms with E-state index in [1.54, 1.807) is 11.3 Å². The normalized spacial score (nSPS) is 19.1. The first kappa shape index (κ1) is 13.6. The van der Waals surface area contributed by atoms with Crippen LogP contribution >= 0.6 is 11.3 Å². The molecule has 0 aromatic carbocycles. The molecule has 0 aliphatic carbocycles. The van der Waals surface area contributed by atoms with Crippen LogP contribution in [-0.2, 0) is 16.0 Å². The Morgan fingerprint density at radius 1 is 1.61 bits per heavy atom. The Labute approximate surface area is 113 Å². The van der Waals surface area contributed by atoms with E-state index in [0.29, 0.717) is 12.3 Å². The highest BCUT2D eigenvalue weighted by molar-refractivity contribution is 7.07. The predicted molar refractivity (Wildman–Crippen MR) is 73.8 cm³/mol. The van der Waals surface area contributed by atoms with Gasteiger partial charge in [-0.25, -0.2) is 0 Å². The molecule has 1 aliphatic rings. The highest BCUT2D eigenvalue weighted by Crippen LogP contribution is 2.15. The quantitative estimate of drug-likeness (QED) is 0.793. The molecule has 0 saturated carbocycles. The molecular weight excluding hydrogens is 246 g/mol. The molecule has 3 nitrogen and oxygen atoms in total. The minimum atomic E-state index is 0.252. The lowest BCUT2D eigenvalue weighted by Gasteiger charge is -2.24. The SMILES string of the molecule is CCCN(CC1CCOC1)C(=O)Cc1ccsc1. The third-order valence-corrected chi connectivity index (χ3v) is 4.02. The number of hydrogen-bond donors (Lipinski definition) is 0. The van der Waals surface area contributed by atoms with Gasteiger partial charge in [0.1, 0.15) is 0 Å². The van der Waals surface area contributed by atoms with E-state index in [9.17, 15) is 4.79 Å². The number of hydrogen-bond acceptors (Lipinski definition) is 3. The first-order valence-corrected chi connectivity index (χ1v) is 7.60. The Morgan fingerprint density at radius 2 is 2.50 bits per heavy atom. The first-order chi connectivity index (χ1) is 8.79. The van der Waals surface area contributed by atoms with Gasteiger partial charge in [0, 0.05) is 25.6 Å². The van der Waals surface area contributed by atoms with Gasteiger partial charge < -0.3 is 9.64 Å². The van der Waals surface area contributed by atoms with Crippen LogP contribution in [0.5, 0.6) is 0 Å². The van der Waals surface area contributed by atoms with E-state index >= 15 is 0 Å². The summed E-state index contributed by atoms with van der Waals surface area (Å²) in [7, 11) is 0. The molecular formula is C14H21NO2S. The molecule has 2 rings (SSSR count). The van der Waals surface area contributed by atoms with Crippen molar-refractivity contribution in [3.63, 3.8) is 0 Å². The molecule has 18 heavy (non-hydrogen) atoms. The van der Waals surface area contributed by atoms with E-state index in [2.05, 4.69) is 12.3 Å². The largest absolute Gasteiger partial charge is 0.381 e. The lowest BCUT2D eigenvalue weighted by molar-refractivity contribution is -0.131. The summed E-state index contributed by atoms with van der Waals surface area (Å²) in [5.41, 5.74) is 1.13. The number of rotatable bonds is 6. The maximum absolute atomic E-state index is 12.3. The van der Waals surface area contributed by atoms with Crippen molar-refractivity contribution < 1.29 is 9.53 Å². The number of nitrogens with zero attached hydrogens (tertiary/aromatic N) is 1. The van der Waals surface area contributed by atoms with Gasteiger partial charge in [-0.1, -0.05) is 6.92 Å². The molecule has 100 valence electrons. The zero-order chi connectivity index (χ0) is 12.8. The van der Waals surface area contributed by atoms with Gasteiger partial charge >= 0.3 is 0 Å². The van der Waals surface area contributed by atoms with E-state index in [4.69, 9.17) is 4.74 Å². The number of carbonyl (C=O) groups excluding carboxylic acids is 1. The van der Waals surface area contributed by atoms with E-state index in [0.717, 1.165) is 44.7 Å². The number of carbonyl (C=O) groups is 1. The second kappa shape index (κ2) is 6.90. The lowest BCUT2D eigenvalue weighted by atomic mass is 10.1. The Kier molecular flexibility index (Phi) is 5.20. The van der Waals surface area contributed by atoms with Crippen molar-refractivity contribution in [2.45, 2.75) is 26.2 Å². The molecule has 1 amide bonds. The third kappa shape index (κ3) is 3.82. The molecule has 0 spiro atoms. The summed E-state index contributed by atoms with van der Waals surface area (Å²) in [6, 6.07) is 2.03. The van der Waals surface area contributed by atoms with Crippen molar-refractivity contribution in [2.24, 2.45) is 5.92 Å². The Morgan fingerprint density at radius 3 is 3.11 bits per heavy atom. The average molecular weight is 267 g/mol. The second-order valence-electron chi connectivity index (χ2n) is 4.88. The van der Waals surface area contributed by atoms with Crippen molar-refractivity contribution in [1.82, 2.24) is 4.90 Å². The summed E-state index contributed by atoms with van der Waals surface area (Å²) in [5, 5.41) is 4.08. The number of thiophene rings is 1. The molecule has 4 heteroatoms. The second-order valence-corrected chi connectivity index (χ2v) is 5.66. The molecule has 1 aromatic rings. The molecule has 1 saturated heterocycles. The predicted octanol–water partition coefficient (Wildman–Crippen LogP) is 2.57. The van der Waals surface area contributed by atoms with Crippen molar-refractivity contribution in [1.29, 1.82) is 0 Å². The summed E-state index contributed by atoms with van der Waals surface area (Å²) >= 11 is 1.65. The summed E-state index contributed by atoms with van der Waals surface area (Å²) in [5.74, 6) is 0.783. The van der Waals surface area contributed by atoms with Crippen LogP contribution < -0.4 is 0 Å². The van der Waals surface area contributed by atoms with Gasteiger partial charge in [-0.05, 0) is 35.2 Å². The van der Waals surface area contributed by atoms with Crippen molar-refractivity contribution in [3.8, 4) is 0 Å². The minimum Gasteiger partial charge on any atom is -0.381 e. The molecule has 1 fully saturated rings. The van der Waals surface area contributed by atoms with Crippen LogP contribution in [0.1, 0.15) is 25.3 Å². The Bertz CT molecular complexity index is 358. The molecule has 0 radical (unpaired) electrons. The Balaban J connectivity index is 1.88. The molecule has 1 aromatic heterocycles. The van der Waals surface area contributed by atoms with E-state index < -0.39 is 0 Å². The molecule has 0 N–H and O–H groups in total. The average Bonchev–Trinajstić information content (AvgIpc) is 3.01. The van der Waals surface area contributed by atoms with Crippen LogP contribution in [0.4, 0.5) is 0 Å². The van der Waals surface area contributed by atoms with Crippen LogP contribution in [0.15, 0.2) is 16.8 Å². The fraction of sp³-hybridized carbons (Fsp3) is 0.643. The van der Waals surface area contributed by atoms with Crippen molar-refractivity contribution in [3.05, 3.63) is 22.4 Å². The van der Waals surface area contributed by atoms with Gasteiger partial charge in [0.15, 0.2) is 0 Å². The van der Waals surface area contributed by atoms with Gasteiger partial charge in [0.25, 0.3) is 0 Å². The van der Waals surface area contributed by atoms with Gasteiger partial charge in [-0.3, -0.25) is 4.79 Å². The Hall–Kier alpha value is -0.870. The van der Waals surface area contributed by atoms with Crippen LogP contribution in [0.2, 0.25) is 0 Å². The fourth-order valence-corrected chi connectivity index (χ4v) is 2.98. The number of amides is 1. The van der Waals surface area contributed by atoms with Crippen molar-refractivity contribution >= 4 is 17.2 Å². The molecule has 2 heterocycles. The maximum Gasteiger partial charge on any atom is 0.227 e. The van der Waals surface area contributed by atoms with Crippen LogP contribution in [-0.4, -0.2) is 37.1 Å². The standard InChI is InChI=1S/C14H21NO2S/c1-2-5-15(9-13-3-6-17-10-13)14(16)8-12-4-7-18-11-12/h4,7,11,13H,2-3,5-6,8-10H2,1H3.